The fourth-order valence-electron chi connectivity index (χ4n) is 3.13. The van der Waals surface area contributed by atoms with Gasteiger partial charge in [0.2, 0.25) is 6.23 Å². The lowest BCUT2D eigenvalue weighted by molar-refractivity contribution is -0.697. The van der Waals surface area contributed by atoms with Gasteiger partial charge in [-0.25, -0.2) is 0 Å². The Labute approximate surface area is 163 Å². The number of aromatic nitrogens is 3. The number of ether oxygens (including phenoxy) is 1. The molecule has 6 nitrogen and oxygen atoms in total. The summed E-state index contributed by atoms with van der Waals surface area (Å²) in [4.78, 5) is 2.10. The zero-order valence-corrected chi connectivity index (χ0v) is 16.3. The van der Waals surface area contributed by atoms with Gasteiger partial charge >= 0.3 is 0 Å². The number of thioether (sulfide) groups is 1. The van der Waals surface area contributed by atoms with E-state index in [1.54, 1.807) is 18.1 Å². The molecule has 3 aromatic rings. The van der Waals surface area contributed by atoms with E-state index in [1.165, 1.54) is 11.3 Å². The van der Waals surface area contributed by atoms with Crippen LogP contribution in [-0.4, -0.2) is 47.3 Å². The van der Waals surface area contributed by atoms with Gasteiger partial charge in [0.05, 0.1) is 0 Å². The molecule has 0 saturated carbocycles. The molecule has 1 aromatic heterocycles. The fraction of sp³-hybridized carbons (Fsp3) is 0.300. The first-order valence-electron chi connectivity index (χ1n) is 9.05. The zero-order chi connectivity index (χ0) is 18.6. The molecule has 7 heteroatoms. The molecule has 1 aliphatic rings. The van der Waals surface area contributed by atoms with Crippen LogP contribution in [0, 0.1) is 0 Å². The summed E-state index contributed by atoms with van der Waals surface area (Å²) >= 11 is 1.69. The molecule has 0 spiro atoms. The van der Waals surface area contributed by atoms with Crippen LogP contribution in [0.15, 0.2) is 66.1 Å². The van der Waals surface area contributed by atoms with Gasteiger partial charge in [-0.05, 0) is 36.4 Å². The van der Waals surface area contributed by atoms with Crippen molar-refractivity contribution >= 4 is 17.4 Å². The molecule has 0 unspecified atom stereocenters. The second kappa shape index (κ2) is 8.12. The molecule has 140 valence electrons. The number of hydrogen-bond acceptors (Lipinski definition) is 5. The molecule has 0 amide bonds. The van der Waals surface area contributed by atoms with Gasteiger partial charge < -0.3 is 15.0 Å². The minimum absolute atomic E-state index is 0.0683. The minimum Gasteiger partial charge on any atom is -0.378 e. The van der Waals surface area contributed by atoms with E-state index in [0.29, 0.717) is 0 Å². The third kappa shape index (κ3) is 4.16. The Morgan fingerprint density at radius 3 is 2.67 bits per heavy atom. The zero-order valence-electron chi connectivity index (χ0n) is 15.5. The molecular formula is C20H24N5OS+. The van der Waals surface area contributed by atoms with Crippen LogP contribution in [-0.2, 0) is 4.74 Å². The van der Waals surface area contributed by atoms with Crippen molar-refractivity contribution in [1.82, 2.24) is 14.8 Å². The average molecular weight is 383 g/mol. The maximum Gasteiger partial charge on any atom is 0.217 e. The summed E-state index contributed by atoms with van der Waals surface area (Å²) in [6, 6.07) is 18.7. The maximum absolute atomic E-state index is 6.24. The molecule has 0 bridgehead atoms. The van der Waals surface area contributed by atoms with Crippen molar-refractivity contribution in [2.75, 3.05) is 31.3 Å². The number of anilines is 1. The first kappa shape index (κ1) is 18.0. The molecule has 1 fully saturated rings. The Balaban J connectivity index is 1.35. The third-order valence-electron chi connectivity index (χ3n) is 4.64. The normalized spacial score (nSPS) is 19.3. The highest BCUT2D eigenvalue weighted by atomic mass is 32.2. The van der Waals surface area contributed by atoms with E-state index in [2.05, 4.69) is 70.9 Å². The summed E-state index contributed by atoms with van der Waals surface area (Å²) in [5.74, 6) is 0.855. The molecular weight excluding hydrogens is 358 g/mol. The summed E-state index contributed by atoms with van der Waals surface area (Å²) in [5.41, 5.74) is 3.48. The van der Waals surface area contributed by atoms with Crippen molar-refractivity contribution in [3.05, 3.63) is 66.5 Å². The average Bonchev–Trinajstić information content (AvgIpc) is 3.36. The van der Waals surface area contributed by atoms with Crippen LogP contribution in [0.4, 0.5) is 5.69 Å². The first-order chi connectivity index (χ1) is 13.2. The summed E-state index contributed by atoms with van der Waals surface area (Å²) < 4.78 is 8.26. The van der Waals surface area contributed by atoms with Gasteiger partial charge in [0, 0.05) is 36.8 Å². The number of quaternary nitrogens is 1. The van der Waals surface area contributed by atoms with E-state index in [1.807, 2.05) is 22.8 Å². The summed E-state index contributed by atoms with van der Waals surface area (Å²) in [6.07, 6.45) is 2.02. The van der Waals surface area contributed by atoms with Crippen molar-refractivity contribution in [3.63, 3.8) is 0 Å². The van der Waals surface area contributed by atoms with Gasteiger partial charge in [0.25, 0.3) is 0 Å². The lowest BCUT2D eigenvalue weighted by Crippen LogP contribution is -2.82. The quantitative estimate of drug-likeness (QED) is 0.662. The highest BCUT2D eigenvalue weighted by Gasteiger charge is 2.30. The Kier molecular flexibility index (Phi) is 5.42. The Morgan fingerprint density at radius 1 is 1.15 bits per heavy atom. The van der Waals surface area contributed by atoms with E-state index in [9.17, 15) is 0 Å². The highest BCUT2D eigenvalue weighted by Crippen LogP contribution is 2.24. The standard InChI is InChI=1S/C20H23N5OS/c1-24(2)16-10-8-15(9-11-16)19-21-12-18(26-19)13-27-20-23-22-14-25(20)17-6-4-3-5-7-17/h3-11,14,18-19,21H,12-13H2,1-2H3/p+1/t18-,19-/m1/s1. The second-order valence-corrected chi connectivity index (χ2v) is 7.75. The molecule has 27 heavy (non-hydrogen) atoms. The molecule has 2 N–H and O–H groups in total. The van der Waals surface area contributed by atoms with Gasteiger partial charge in [0.15, 0.2) is 5.16 Å². The van der Waals surface area contributed by atoms with Crippen LogP contribution in [0.5, 0.6) is 0 Å². The predicted molar refractivity (Wildman–Crippen MR) is 107 cm³/mol. The summed E-state index contributed by atoms with van der Waals surface area (Å²) in [5, 5.41) is 11.5. The molecule has 0 aliphatic carbocycles. The number of nitrogens with two attached hydrogens (primary N) is 1. The molecule has 1 aliphatic heterocycles. The summed E-state index contributed by atoms with van der Waals surface area (Å²) in [7, 11) is 4.10. The SMILES string of the molecule is CN(C)c1ccc([C@@H]2[NH2+]C[C@H](CSc3nncn3-c3ccccc3)O2)cc1. The smallest absolute Gasteiger partial charge is 0.217 e. The van der Waals surface area contributed by atoms with Crippen molar-refractivity contribution in [3.8, 4) is 5.69 Å². The van der Waals surface area contributed by atoms with Crippen molar-refractivity contribution in [2.45, 2.75) is 17.5 Å². The molecule has 1 saturated heterocycles. The molecule has 2 atom stereocenters. The number of rotatable bonds is 6. The van der Waals surface area contributed by atoms with Crippen LogP contribution in [0.2, 0.25) is 0 Å². The third-order valence-corrected chi connectivity index (χ3v) is 5.71. The van der Waals surface area contributed by atoms with Crippen LogP contribution >= 0.6 is 11.8 Å². The first-order valence-corrected chi connectivity index (χ1v) is 10.0. The van der Waals surface area contributed by atoms with Crippen molar-refractivity contribution in [1.29, 1.82) is 0 Å². The minimum atomic E-state index is 0.0683. The molecule has 2 heterocycles. The second-order valence-electron chi connectivity index (χ2n) is 6.77. The van der Waals surface area contributed by atoms with Gasteiger partial charge in [-0.1, -0.05) is 30.0 Å². The van der Waals surface area contributed by atoms with Gasteiger partial charge in [-0.2, -0.15) is 0 Å². The Hall–Kier alpha value is -2.35. The predicted octanol–water partition coefficient (Wildman–Crippen LogP) is 2.09. The lowest BCUT2D eigenvalue weighted by Gasteiger charge is -2.14. The van der Waals surface area contributed by atoms with E-state index in [4.69, 9.17) is 4.74 Å². The topological polar surface area (TPSA) is 59.8 Å². The number of nitrogens with zero attached hydrogens (tertiary/aromatic N) is 4. The summed E-state index contributed by atoms with van der Waals surface area (Å²) in [6.45, 7) is 0.951. The van der Waals surface area contributed by atoms with Crippen molar-refractivity contribution in [2.24, 2.45) is 0 Å². The van der Waals surface area contributed by atoms with Crippen LogP contribution < -0.4 is 10.2 Å². The highest BCUT2D eigenvalue weighted by molar-refractivity contribution is 7.99. The largest absolute Gasteiger partial charge is 0.378 e. The number of hydrogen-bond donors (Lipinski definition) is 1. The number of para-hydroxylation sites is 1. The van der Waals surface area contributed by atoms with E-state index >= 15 is 0 Å². The number of benzene rings is 2. The van der Waals surface area contributed by atoms with Gasteiger partial charge in [0.1, 0.15) is 19.0 Å². The van der Waals surface area contributed by atoms with Crippen LogP contribution in [0.25, 0.3) is 5.69 Å². The Bertz CT molecular complexity index is 866. The molecule has 2 aromatic carbocycles. The molecule has 0 radical (unpaired) electrons. The lowest BCUT2D eigenvalue weighted by atomic mass is 10.2. The molecule has 4 rings (SSSR count). The van der Waals surface area contributed by atoms with Gasteiger partial charge in [-0.15, -0.1) is 10.2 Å². The maximum atomic E-state index is 6.24. The van der Waals surface area contributed by atoms with E-state index in [-0.39, 0.29) is 12.3 Å². The van der Waals surface area contributed by atoms with Gasteiger partial charge in [-0.3, -0.25) is 4.57 Å². The van der Waals surface area contributed by atoms with Crippen LogP contribution in [0.3, 0.4) is 0 Å². The van der Waals surface area contributed by atoms with E-state index in [0.717, 1.165) is 23.1 Å². The van der Waals surface area contributed by atoms with E-state index < -0.39 is 0 Å². The van der Waals surface area contributed by atoms with Crippen LogP contribution in [0.1, 0.15) is 11.8 Å². The van der Waals surface area contributed by atoms with Crippen molar-refractivity contribution < 1.29 is 10.1 Å². The Morgan fingerprint density at radius 2 is 1.93 bits per heavy atom. The fourth-order valence-corrected chi connectivity index (χ4v) is 4.08. The monoisotopic (exact) mass is 382 g/mol.